The molecule has 0 aromatic heterocycles. The topological polar surface area (TPSA) is 59.1 Å². The van der Waals surface area contributed by atoms with Crippen LogP contribution in [0.3, 0.4) is 0 Å². The minimum atomic E-state index is -0.402. The van der Waals surface area contributed by atoms with E-state index in [0.29, 0.717) is 0 Å². The highest BCUT2D eigenvalue weighted by Gasteiger charge is 2.46. The van der Waals surface area contributed by atoms with Gasteiger partial charge < -0.3 is 19.3 Å². The lowest BCUT2D eigenvalue weighted by Crippen LogP contribution is -2.39. The summed E-state index contributed by atoms with van der Waals surface area (Å²) in [6, 6.07) is 14.8. The largest absolute Gasteiger partial charge is 0.497 e. The van der Waals surface area contributed by atoms with Gasteiger partial charge >= 0.3 is 0 Å². The van der Waals surface area contributed by atoms with Crippen molar-refractivity contribution in [3.63, 3.8) is 0 Å². The number of nitrogens with zero attached hydrogens (tertiary/aromatic N) is 2. The van der Waals surface area contributed by atoms with E-state index in [1.54, 1.807) is 19.1 Å². The first kappa shape index (κ1) is 21.2. The summed E-state index contributed by atoms with van der Waals surface area (Å²) >= 11 is 0. The summed E-state index contributed by atoms with van der Waals surface area (Å²) < 4.78 is 10.6. The van der Waals surface area contributed by atoms with Crippen molar-refractivity contribution in [2.24, 2.45) is 5.92 Å². The summed E-state index contributed by atoms with van der Waals surface area (Å²) in [6.45, 7) is 1.56. The Kier molecular flexibility index (Phi) is 6.44. The van der Waals surface area contributed by atoms with Crippen LogP contribution >= 0.6 is 0 Å². The number of carbonyl (C=O) groups is 2. The molecule has 4 rings (SSSR count). The molecule has 0 bridgehead atoms. The Balaban J connectivity index is 1.70. The van der Waals surface area contributed by atoms with E-state index in [2.05, 4.69) is 0 Å². The first-order valence-corrected chi connectivity index (χ1v) is 11.0. The maximum absolute atomic E-state index is 13.6. The number of amides is 2. The number of rotatable bonds is 5. The molecule has 2 heterocycles. The third-order valence-electron chi connectivity index (χ3n) is 6.37. The molecule has 2 unspecified atom stereocenters. The standard InChI is InChI=1S/C25H30N2O4/c1-30-20-11-7-18(8-12-20)24-22(25(29)26-15-5-3-4-6-16-26)17-23(28)27(24)19-9-13-21(31-2)14-10-19/h7-14,22,24H,3-6,15-17H2,1-2H3. The van der Waals surface area contributed by atoms with Crippen LogP contribution in [0.15, 0.2) is 48.5 Å². The van der Waals surface area contributed by atoms with Gasteiger partial charge in [-0.3, -0.25) is 9.59 Å². The fraction of sp³-hybridized carbons (Fsp3) is 0.440. The molecule has 2 saturated heterocycles. The SMILES string of the molecule is COc1ccc(C2C(C(=O)N3CCCCCC3)CC(=O)N2c2ccc(OC)cc2)cc1. The molecular formula is C25H30N2O4. The van der Waals surface area contributed by atoms with Gasteiger partial charge in [-0.15, -0.1) is 0 Å². The second-order valence-corrected chi connectivity index (χ2v) is 8.23. The summed E-state index contributed by atoms with van der Waals surface area (Å²) in [6.07, 6.45) is 4.60. The third kappa shape index (κ3) is 4.38. The summed E-state index contributed by atoms with van der Waals surface area (Å²) in [5.41, 5.74) is 1.72. The molecule has 0 aliphatic carbocycles. The average molecular weight is 423 g/mol. The first-order chi connectivity index (χ1) is 15.1. The van der Waals surface area contributed by atoms with Crippen molar-refractivity contribution >= 4 is 17.5 Å². The summed E-state index contributed by atoms with van der Waals surface area (Å²) in [5.74, 6) is 1.14. The zero-order valence-corrected chi connectivity index (χ0v) is 18.3. The Hall–Kier alpha value is -3.02. The number of anilines is 1. The molecular weight excluding hydrogens is 392 g/mol. The van der Waals surface area contributed by atoms with Crippen molar-refractivity contribution in [3.8, 4) is 11.5 Å². The Labute approximate surface area is 183 Å². The predicted molar refractivity (Wildman–Crippen MR) is 119 cm³/mol. The van der Waals surface area contributed by atoms with E-state index in [4.69, 9.17) is 9.47 Å². The number of ether oxygens (including phenoxy) is 2. The van der Waals surface area contributed by atoms with Gasteiger partial charge in [-0.05, 0) is 54.8 Å². The predicted octanol–water partition coefficient (Wildman–Crippen LogP) is 4.20. The highest BCUT2D eigenvalue weighted by atomic mass is 16.5. The maximum Gasteiger partial charge on any atom is 0.228 e. The quantitative estimate of drug-likeness (QED) is 0.725. The van der Waals surface area contributed by atoms with Crippen LogP contribution in [0.5, 0.6) is 11.5 Å². The van der Waals surface area contributed by atoms with Crippen molar-refractivity contribution in [1.82, 2.24) is 4.90 Å². The molecule has 6 nitrogen and oxygen atoms in total. The smallest absolute Gasteiger partial charge is 0.228 e. The van der Waals surface area contributed by atoms with Gasteiger partial charge in [-0.2, -0.15) is 0 Å². The lowest BCUT2D eigenvalue weighted by Gasteiger charge is -2.31. The molecule has 2 aliphatic heterocycles. The van der Waals surface area contributed by atoms with E-state index in [9.17, 15) is 9.59 Å². The maximum atomic E-state index is 13.6. The van der Waals surface area contributed by atoms with Gasteiger partial charge in [0, 0.05) is 25.2 Å². The van der Waals surface area contributed by atoms with Crippen LogP contribution in [0, 0.1) is 5.92 Å². The number of carbonyl (C=O) groups excluding carboxylic acids is 2. The molecule has 6 heteroatoms. The highest BCUT2D eigenvalue weighted by molar-refractivity contribution is 6.01. The summed E-state index contributed by atoms with van der Waals surface area (Å²) in [4.78, 5) is 30.5. The van der Waals surface area contributed by atoms with Gasteiger partial charge in [0.05, 0.1) is 26.2 Å². The number of hydrogen-bond acceptors (Lipinski definition) is 4. The summed E-state index contributed by atoms with van der Waals surface area (Å²) in [7, 11) is 3.25. The van der Waals surface area contributed by atoms with Crippen LogP contribution in [0.1, 0.15) is 43.7 Å². The molecule has 2 aromatic carbocycles. The first-order valence-electron chi connectivity index (χ1n) is 11.0. The molecule has 0 saturated carbocycles. The van der Waals surface area contributed by atoms with E-state index < -0.39 is 5.92 Å². The Morgan fingerprint density at radius 3 is 1.94 bits per heavy atom. The Morgan fingerprint density at radius 2 is 1.39 bits per heavy atom. The monoisotopic (exact) mass is 422 g/mol. The lowest BCUT2D eigenvalue weighted by atomic mass is 9.92. The molecule has 0 spiro atoms. The highest BCUT2D eigenvalue weighted by Crippen LogP contribution is 2.43. The van der Waals surface area contributed by atoms with Gasteiger partial charge in [0.25, 0.3) is 0 Å². The molecule has 2 atom stereocenters. The van der Waals surface area contributed by atoms with Crippen LogP contribution in [0.4, 0.5) is 5.69 Å². The molecule has 0 N–H and O–H groups in total. The van der Waals surface area contributed by atoms with Gasteiger partial charge in [0.1, 0.15) is 11.5 Å². The van der Waals surface area contributed by atoms with Gasteiger partial charge in [-0.1, -0.05) is 25.0 Å². The van der Waals surface area contributed by atoms with E-state index in [-0.39, 0.29) is 24.3 Å². The van der Waals surface area contributed by atoms with E-state index >= 15 is 0 Å². The third-order valence-corrected chi connectivity index (χ3v) is 6.37. The second-order valence-electron chi connectivity index (χ2n) is 8.23. The zero-order chi connectivity index (χ0) is 21.8. The number of benzene rings is 2. The Bertz CT molecular complexity index is 902. The Morgan fingerprint density at radius 1 is 0.839 bits per heavy atom. The number of hydrogen-bond donors (Lipinski definition) is 0. The fourth-order valence-electron chi connectivity index (χ4n) is 4.71. The van der Waals surface area contributed by atoms with Crippen LogP contribution in [0.25, 0.3) is 0 Å². The fourth-order valence-corrected chi connectivity index (χ4v) is 4.71. The summed E-state index contributed by atoms with van der Waals surface area (Å²) in [5, 5.41) is 0. The van der Waals surface area contributed by atoms with Crippen LogP contribution in [-0.4, -0.2) is 44.0 Å². The minimum absolute atomic E-state index is 0.0286. The van der Waals surface area contributed by atoms with Crippen LogP contribution in [0.2, 0.25) is 0 Å². The minimum Gasteiger partial charge on any atom is -0.497 e. The number of methoxy groups -OCH3 is 2. The molecule has 164 valence electrons. The normalized spacial score (nSPS) is 21.7. The van der Waals surface area contributed by atoms with E-state index in [1.165, 1.54) is 0 Å². The molecule has 31 heavy (non-hydrogen) atoms. The average Bonchev–Trinajstić information content (AvgIpc) is 2.97. The second kappa shape index (κ2) is 9.41. The van der Waals surface area contributed by atoms with Crippen LogP contribution < -0.4 is 14.4 Å². The van der Waals surface area contributed by atoms with Gasteiger partial charge in [0.2, 0.25) is 11.8 Å². The molecule has 2 amide bonds. The molecule has 2 fully saturated rings. The van der Waals surface area contributed by atoms with Crippen LogP contribution in [-0.2, 0) is 9.59 Å². The van der Waals surface area contributed by atoms with Gasteiger partial charge in [0.15, 0.2) is 0 Å². The van der Waals surface area contributed by atoms with Crippen molar-refractivity contribution < 1.29 is 19.1 Å². The van der Waals surface area contributed by atoms with Crippen molar-refractivity contribution in [2.45, 2.75) is 38.1 Å². The van der Waals surface area contributed by atoms with Crippen molar-refractivity contribution in [2.75, 3.05) is 32.2 Å². The van der Waals surface area contributed by atoms with Crippen molar-refractivity contribution in [3.05, 3.63) is 54.1 Å². The van der Waals surface area contributed by atoms with E-state index in [0.717, 1.165) is 61.5 Å². The zero-order valence-electron chi connectivity index (χ0n) is 18.3. The molecule has 2 aliphatic rings. The number of likely N-dealkylation sites (tertiary alicyclic amines) is 1. The van der Waals surface area contributed by atoms with Crippen molar-refractivity contribution in [1.29, 1.82) is 0 Å². The molecule has 2 aromatic rings. The lowest BCUT2D eigenvalue weighted by molar-refractivity contribution is -0.136. The van der Waals surface area contributed by atoms with E-state index in [1.807, 2.05) is 53.4 Å². The molecule has 0 radical (unpaired) electrons. The van der Waals surface area contributed by atoms with Gasteiger partial charge in [-0.25, -0.2) is 0 Å².